The predicted octanol–water partition coefficient (Wildman–Crippen LogP) is 3.79. The Hall–Kier alpha value is -2.20. The normalized spacial score (nSPS) is 11.6. The molecule has 1 atom stereocenters. The van der Waals surface area contributed by atoms with Gasteiger partial charge in [-0.1, -0.05) is 35.9 Å². The van der Waals surface area contributed by atoms with Crippen LogP contribution in [0.15, 0.2) is 48.5 Å². The number of carbonyl (C=O) groups excluding carboxylic acids is 1. The van der Waals surface area contributed by atoms with E-state index in [0.717, 1.165) is 5.69 Å². The number of halogens is 1. The van der Waals surface area contributed by atoms with Crippen LogP contribution in [0.4, 0.5) is 11.4 Å². The van der Waals surface area contributed by atoms with Gasteiger partial charge in [-0.25, -0.2) is 0 Å². The highest BCUT2D eigenvalue weighted by Crippen LogP contribution is 2.24. The molecule has 21 heavy (non-hydrogen) atoms. The molecule has 0 aliphatic heterocycles. The van der Waals surface area contributed by atoms with Gasteiger partial charge in [0.15, 0.2) is 0 Å². The summed E-state index contributed by atoms with van der Waals surface area (Å²) < 4.78 is 5.25. The van der Waals surface area contributed by atoms with Gasteiger partial charge in [-0.05, 0) is 31.2 Å². The van der Waals surface area contributed by atoms with Crippen LogP contribution in [0.5, 0.6) is 5.75 Å². The number of carbonyl (C=O) groups is 1. The van der Waals surface area contributed by atoms with Gasteiger partial charge in [-0.3, -0.25) is 4.79 Å². The fourth-order valence-electron chi connectivity index (χ4n) is 1.87. The van der Waals surface area contributed by atoms with Crippen molar-refractivity contribution in [2.75, 3.05) is 17.7 Å². The number of methoxy groups -OCH3 is 1. The first-order valence-corrected chi connectivity index (χ1v) is 6.94. The molecule has 2 N–H and O–H groups in total. The highest BCUT2D eigenvalue weighted by Gasteiger charge is 2.15. The fourth-order valence-corrected chi connectivity index (χ4v) is 2.05. The topological polar surface area (TPSA) is 50.4 Å². The van der Waals surface area contributed by atoms with E-state index < -0.39 is 6.04 Å². The number of hydrogen-bond acceptors (Lipinski definition) is 3. The summed E-state index contributed by atoms with van der Waals surface area (Å²) in [7, 11) is 1.59. The first-order chi connectivity index (χ1) is 10.1. The maximum Gasteiger partial charge on any atom is 0.246 e. The molecule has 5 heteroatoms. The van der Waals surface area contributed by atoms with Gasteiger partial charge in [0.25, 0.3) is 0 Å². The first kappa shape index (κ1) is 15.2. The minimum Gasteiger partial charge on any atom is -0.495 e. The molecule has 0 saturated heterocycles. The zero-order chi connectivity index (χ0) is 15.2. The van der Waals surface area contributed by atoms with Crippen molar-refractivity contribution in [3.8, 4) is 5.75 Å². The number of benzene rings is 2. The maximum absolute atomic E-state index is 12.2. The summed E-state index contributed by atoms with van der Waals surface area (Å²) in [6.45, 7) is 1.78. The third kappa shape index (κ3) is 3.89. The van der Waals surface area contributed by atoms with Crippen molar-refractivity contribution in [3.63, 3.8) is 0 Å². The lowest BCUT2D eigenvalue weighted by Crippen LogP contribution is -2.32. The summed E-state index contributed by atoms with van der Waals surface area (Å²) in [6, 6.07) is 14.1. The molecule has 0 bridgehead atoms. The van der Waals surface area contributed by atoms with E-state index >= 15 is 0 Å². The summed E-state index contributed by atoms with van der Waals surface area (Å²) in [5, 5.41) is 6.42. The van der Waals surface area contributed by atoms with Gasteiger partial charge in [0, 0.05) is 0 Å². The smallest absolute Gasteiger partial charge is 0.246 e. The first-order valence-electron chi connectivity index (χ1n) is 6.56. The Bertz CT molecular complexity index is 631. The molecule has 110 valence electrons. The van der Waals surface area contributed by atoms with Crippen LogP contribution in [-0.2, 0) is 4.79 Å². The highest BCUT2D eigenvalue weighted by molar-refractivity contribution is 6.33. The number of para-hydroxylation sites is 3. The van der Waals surface area contributed by atoms with E-state index in [-0.39, 0.29) is 5.91 Å². The lowest BCUT2D eigenvalue weighted by atomic mass is 10.2. The number of rotatable bonds is 5. The number of hydrogen-bond donors (Lipinski definition) is 2. The van der Waals surface area contributed by atoms with Gasteiger partial charge in [0.2, 0.25) is 5.91 Å². The Morgan fingerprint density at radius 3 is 2.38 bits per heavy atom. The Balaban J connectivity index is 2.05. The molecule has 0 aliphatic carbocycles. The second kappa shape index (κ2) is 6.99. The molecule has 0 radical (unpaired) electrons. The lowest BCUT2D eigenvalue weighted by Gasteiger charge is -2.17. The Kier molecular flexibility index (Phi) is 5.06. The Morgan fingerprint density at radius 2 is 1.71 bits per heavy atom. The zero-order valence-corrected chi connectivity index (χ0v) is 12.6. The Labute approximate surface area is 129 Å². The third-order valence-electron chi connectivity index (χ3n) is 3.00. The van der Waals surface area contributed by atoms with Crippen molar-refractivity contribution in [1.82, 2.24) is 0 Å². The van der Waals surface area contributed by atoms with E-state index in [1.165, 1.54) is 0 Å². The molecule has 0 heterocycles. The van der Waals surface area contributed by atoms with Crippen molar-refractivity contribution in [3.05, 3.63) is 53.6 Å². The summed E-state index contributed by atoms with van der Waals surface area (Å²) >= 11 is 6.03. The monoisotopic (exact) mass is 304 g/mol. The summed E-state index contributed by atoms with van der Waals surface area (Å²) in [6.07, 6.45) is 0. The number of nitrogens with one attached hydrogen (secondary N) is 2. The van der Waals surface area contributed by atoms with Gasteiger partial charge < -0.3 is 15.4 Å². The molecule has 2 aromatic carbocycles. The molecule has 0 fully saturated rings. The van der Waals surface area contributed by atoms with Crippen LogP contribution in [-0.4, -0.2) is 19.1 Å². The number of ether oxygens (including phenoxy) is 1. The van der Waals surface area contributed by atoms with E-state index in [4.69, 9.17) is 16.3 Å². The average Bonchev–Trinajstić information content (AvgIpc) is 2.50. The van der Waals surface area contributed by atoms with E-state index in [1.807, 2.05) is 36.4 Å². The zero-order valence-electron chi connectivity index (χ0n) is 11.9. The number of amides is 1. The van der Waals surface area contributed by atoms with Crippen LogP contribution in [0.3, 0.4) is 0 Å². The third-order valence-corrected chi connectivity index (χ3v) is 3.33. The molecule has 0 unspecified atom stereocenters. The quantitative estimate of drug-likeness (QED) is 0.883. The summed E-state index contributed by atoms with van der Waals surface area (Å²) in [5.74, 6) is 0.517. The highest BCUT2D eigenvalue weighted by atomic mass is 35.5. The molecule has 0 aromatic heterocycles. The largest absolute Gasteiger partial charge is 0.495 e. The lowest BCUT2D eigenvalue weighted by molar-refractivity contribution is -0.116. The van der Waals surface area contributed by atoms with E-state index in [1.54, 1.807) is 26.2 Å². The predicted molar refractivity (Wildman–Crippen MR) is 86.2 cm³/mol. The molecule has 0 saturated carbocycles. The van der Waals surface area contributed by atoms with Crippen LogP contribution in [0.25, 0.3) is 0 Å². The van der Waals surface area contributed by atoms with Crippen molar-refractivity contribution < 1.29 is 9.53 Å². The van der Waals surface area contributed by atoms with Crippen molar-refractivity contribution in [2.24, 2.45) is 0 Å². The minimum atomic E-state index is -0.433. The van der Waals surface area contributed by atoms with Gasteiger partial charge in [-0.2, -0.15) is 0 Å². The molecular weight excluding hydrogens is 288 g/mol. The standard InChI is InChI=1S/C16H17ClN2O2/c1-11(18-14-9-5-6-10-15(14)21-2)16(20)19-13-8-4-3-7-12(13)17/h3-11,18H,1-2H3,(H,19,20)/t11-/m1/s1. The molecule has 0 aliphatic rings. The molecule has 1 amide bonds. The molecular formula is C16H17ClN2O2. The molecule has 2 aromatic rings. The minimum absolute atomic E-state index is 0.172. The fraction of sp³-hybridized carbons (Fsp3) is 0.188. The summed E-state index contributed by atoms with van der Waals surface area (Å²) in [5.41, 5.74) is 1.36. The van der Waals surface area contributed by atoms with Gasteiger partial charge in [-0.15, -0.1) is 0 Å². The van der Waals surface area contributed by atoms with Gasteiger partial charge >= 0.3 is 0 Å². The van der Waals surface area contributed by atoms with E-state index in [9.17, 15) is 4.79 Å². The Morgan fingerprint density at radius 1 is 1.10 bits per heavy atom. The van der Waals surface area contributed by atoms with Crippen molar-refractivity contribution in [1.29, 1.82) is 0 Å². The SMILES string of the molecule is COc1ccccc1N[C@H](C)C(=O)Nc1ccccc1Cl. The van der Waals surface area contributed by atoms with E-state index in [2.05, 4.69) is 10.6 Å². The van der Waals surface area contributed by atoms with Crippen molar-refractivity contribution in [2.45, 2.75) is 13.0 Å². The molecule has 0 spiro atoms. The average molecular weight is 305 g/mol. The van der Waals surface area contributed by atoms with Crippen molar-refractivity contribution >= 4 is 28.9 Å². The number of anilines is 2. The van der Waals surface area contributed by atoms with Crippen LogP contribution >= 0.6 is 11.6 Å². The van der Waals surface area contributed by atoms with Crippen LogP contribution in [0.2, 0.25) is 5.02 Å². The maximum atomic E-state index is 12.2. The van der Waals surface area contributed by atoms with Gasteiger partial charge in [0.1, 0.15) is 11.8 Å². The molecule has 2 rings (SSSR count). The molecule has 4 nitrogen and oxygen atoms in total. The van der Waals surface area contributed by atoms with E-state index in [0.29, 0.717) is 16.5 Å². The summed E-state index contributed by atoms with van der Waals surface area (Å²) in [4.78, 5) is 12.2. The van der Waals surface area contributed by atoms with Crippen LogP contribution in [0, 0.1) is 0 Å². The second-order valence-corrected chi connectivity index (χ2v) is 4.94. The van der Waals surface area contributed by atoms with Crippen LogP contribution in [0.1, 0.15) is 6.92 Å². The second-order valence-electron chi connectivity index (χ2n) is 4.54. The van der Waals surface area contributed by atoms with Crippen LogP contribution < -0.4 is 15.4 Å². The van der Waals surface area contributed by atoms with Gasteiger partial charge in [0.05, 0.1) is 23.5 Å².